The van der Waals surface area contributed by atoms with Crippen molar-refractivity contribution in [1.82, 2.24) is 15.1 Å². The average molecular weight is 418 g/mol. The first-order valence-corrected chi connectivity index (χ1v) is 11.0. The van der Waals surface area contributed by atoms with Gasteiger partial charge in [-0.1, -0.05) is 42.0 Å². The molecule has 5 heteroatoms. The molecule has 0 radical (unpaired) electrons. The van der Waals surface area contributed by atoms with Crippen molar-refractivity contribution in [3.63, 3.8) is 0 Å². The maximum atomic E-state index is 5.84. The van der Waals surface area contributed by atoms with Gasteiger partial charge in [0.1, 0.15) is 11.5 Å². The Hall–Kier alpha value is -3.05. The second-order valence-electron chi connectivity index (χ2n) is 8.21. The van der Waals surface area contributed by atoms with Crippen LogP contribution in [0.5, 0.6) is 11.5 Å². The van der Waals surface area contributed by atoms with Crippen LogP contribution in [-0.2, 0) is 6.42 Å². The molecule has 1 atom stereocenters. The van der Waals surface area contributed by atoms with Gasteiger partial charge in [0.2, 0.25) is 0 Å². The van der Waals surface area contributed by atoms with Crippen LogP contribution in [0.3, 0.4) is 0 Å². The Morgan fingerprint density at radius 2 is 1.90 bits per heavy atom. The molecule has 0 saturated carbocycles. The lowest BCUT2D eigenvalue weighted by molar-refractivity contribution is 0.319. The van der Waals surface area contributed by atoms with E-state index in [1.54, 1.807) is 7.11 Å². The smallest absolute Gasteiger partial charge is 0.119 e. The molecular formula is C26H31N3O2. The molecule has 0 amide bonds. The van der Waals surface area contributed by atoms with Gasteiger partial charge in [0, 0.05) is 31.1 Å². The topological polar surface area (TPSA) is 50.4 Å². The maximum absolute atomic E-state index is 5.84. The van der Waals surface area contributed by atoms with E-state index in [9.17, 15) is 0 Å². The van der Waals surface area contributed by atoms with E-state index in [2.05, 4.69) is 64.5 Å². The number of ether oxygens (including phenoxy) is 2. The van der Waals surface area contributed by atoms with Crippen molar-refractivity contribution in [2.75, 3.05) is 33.4 Å². The van der Waals surface area contributed by atoms with Crippen LogP contribution in [0.25, 0.3) is 6.08 Å². The van der Waals surface area contributed by atoms with Crippen molar-refractivity contribution in [2.24, 2.45) is 0 Å². The number of hydrogen-bond donors (Lipinski definition) is 1. The van der Waals surface area contributed by atoms with Crippen LogP contribution in [0.15, 0.2) is 66.2 Å². The monoisotopic (exact) mass is 417 g/mol. The number of benzene rings is 2. The molecule has 1 aliphatic heterocycles. The molecule has 1 aliphatic rings. The quantitative estimate of drug-likeness (QED) is 0.536. The van der Waals surface area contributed by atoms with Gasteiger partial charge in [0.15, 0.2) is 0 Å². The molecule has 2 heterocycles. The molecule has 2 aromatic carbocycles. The van der Waals surface area contributed by atoms with Crippen molar-refractivity contribution < 1.29 is 9.47 Å². The Morgan fingerprint density at radius 1 is 1.13 bits per heavy atom. The van der Waals surface area contributed by atoms with Crippen LogP contribution in [0.4, 0.5) is 0 Å². The Kier molecular flexibility index (Phi) is 7.05. The van der Waals surface area contributed by atoms with E-state index in [0.29, 0.717) is 12.5 Å². The zero-order valence-electron chi connectivity index (χ0n) is 18.4. The third-order valence-corrected chi connectivity index (χ3v) is 5.73. The summed E-state index contributed by atoms with van der Waals surface area (Å²) in [6, 6.07) is 20.4. The summed E-state index contributed by atoms with van der Waals surface area (Å²) in [5.41, 5.74) is 4.96. The van der Waals surface area contributed by atoms with Crippen molar-refractivity contribution in [3.05, 3.63) is 83.2 Å². The number of nitrogens with one attached hydrogen (secondary N) is 1. The first-order valence-electron chi connectivity index (χ1n) is 11.0. The largest absolute Gasteiger partial charge is 0.497 e. The zero-order chi connectivity index (χ0) is 21.5. The number of likely N-dealkylation sites (tertiary alicyclic amines) is 1. The summed E-state index contributed by atoms with van der Waals surface area (Å²) in [6.07, 6.45) is 4.25. The molecule has 1 fully saturated rings. The molecule has 0 spiro atoms. The van der Waals surface area contributed by atoms with Crippen LogP contribution in [-0.4, -0.2) is 48.4 Å². The van der Waals surface area contributed by atoms with Crippen LogP contribution in [0.1, 0.15) is 36.2 Å². The minimum atomic E-state index is 0.497. The predicted molar refractivity (Wildman–Crippen MR) is 125 cm³/mol. The number of hydrogen-bond acceptors (Lipinski definition) is 4. The molecule has 31 heavy (non-hydrogen) atoms. The van der Waals surface area contributed by atoms with Crippen molar-refractivity contribution in [2.45, 2.75) is 25.7 Å². The van der Waals surface area contributed by atoms with Crippen LogP contribution in [0, 0.1) is 0 Å². The number of nitrogens with zero attached hydrogens (tertiary/aromatic N) is 2. The fourth-order valence-corrected chi connectivity index (χ4v) is 4.12. The van der Waals surface area contributed by atoms with Gasteiger partial charge in [-0.3, -0.25) is 10.00 Å². The third-order valence-electron chi connectivity index (χ3n) is 5.73. The van der Waals surface area contributed by atoms with E-state index < -0.39 is 0 Å². The van der Waals surface area contributed by atoms with E-state index in [4.69, 9.17) is 9.47 Å². The summed E-state index contributed by atoms with van der Waals surface area (Å²) in [7, 11) is 1.66. The van der Waals surface area contributed by atoms with Crippen molar-refractivity contribution in [1.29, 1.82) is 0 Å². The van der Waals surface area contributed by atoms with Gasteiger partial charge >= 0.3 is 0 Å². The fraction of sp³-hybridized carbons (Fsp3) is 0.346. The highest BCUT2D eigenvalue weighted by atomic mass is 16.5. The van der Waals surface area contributed by atoms with Crippen LogP contribution >= 0.6 is 0 Å². The molecular weight excluding hydrogens is 386 g/mol. The Morgan fingerprint density at radius 3 is 2.68 bits per heavy atom. The highest BCUT2D eigenvalue weighted by Crippen LogP contribution is 2.27. The summed E-state index contributed by atoms with van der Waals surface area (Å²) in [5.74, 6) is 2.19. The summed E-state index contributed by atoms with van der Waals surface area (Å²) in [6.45, 7) is 6.03. The Labute approximate surface area is 184 Å². The molecule has 3 aromatic rings. The molecule has 1 N–H and O–H groups in total. The molecule has 1 saturated heterocycles. The number of rotatable bonds is 9. The van der Waals surface area contributed by atoms with Crippen molar-refractivity contribution in [3.8, 4) is 11.5 Å². The second-order valence-corrected chi connectivity index (χ2v) is 8.21. The van der Waals surface area contributed by atoms with E-state index in [-0.39, 0.29) is 0 Å². The average Bonchev–Trinajstić information content (AvgIpc) is 3.44. The first kappa shape index (κ1) is 21.2. The van der Waals surface area contributed by atoms with Gasteiger partial charge in [0.25, 0.3) is 0 Å². The molecule has 4 rings (SSSR count). The van der Waals surface area contributed by atoms with Gasteiger partial charge in [-0.25, -0.2) is 0 Å². The van der Waals surface area contributed by atoms with Crippen LogP contribution in [0.2, 0.25) is 0 Å². The summed E-state index contributed by atoms with van der Waals surface area (Å²) in [4.78, 5) is 2.53. The van der Waals surface area contributed by atoms with Crippen LogP contribution < -0.4 is 9.47 Å². The maximum Gasteiger partial charge on any atom is 0.119 e. The van der Waals surface area contributed by atoms with Crippen molar-refractivity contribution >= 4 is 6.08 Å². The summed E-state index contributed by atoms with van der Waals surface area (Å²) < 4.78 is 11.0. The molecule has 0 bridgehead atoms. The molecule has 1 unspecified atom stereocenters. The number of aromatic nitrogens is 2. The highest BCUT2D eigenvalue weighted by Gasteiger charge is 2.25. The van der Waals surface area contributed by atoms with Gasteiger partial charge < -0.3 is 9.47 Å². The minimum Gasteiger partial charge on any atom is -0.497 e. The molecule has 0 aliphatic carbocycles. The summed E-state index contributed by atoms with van der Waals surface area (Å²) >= 11 is 0. The zero-order valence-corrected chi connectivity index (χ0v) is 18.4. The van der Waals surface area contributed by atoms with Gasteiger partial charge in [-0.05, 0) is 55.8 Å². The molecule has 5 nitrogen and oxygen atoms in total. The predicted octanol–water partition coefficient (Wildman–Crippen LogP) is 4.93. The van der Waals surface area contributed by atoms with Gasteiger partial charge in [0.05, 0.1) is 19.4 Å². The lowest BCUT2D eigenvalue weighted by Crippen LogP contribution is -2.22. The second kappa shape index (κ2) is 10.3. The first-order chi connectivity index (χ1) is 15.2. The van der Waals surface area contributed by atoms with E-state index in [1.165, 1.54) is 16.8 Å². The highest BCUT2D eigenvalue weighted by molar-refractivity contribution is 5.52. The fourth-order valence-electron chi connectivity index (χ4n) is 4.12. The van der Waals surface area contributed by atoms with E-state index >= 15 is 0 Å². The number of methoxy groups -OCH3 is 1. The Bertz CT molecular complexity index is 979. The van der Waals surface area contributed by atoms with E-state index in [1.807, 2.05) is 24.3 Å². The van der Waals surface area contributed by atoms with Gasteiger partial charge in [-0.15, -0.1) is 0 Å². The lowest BCUT2D eigenvalue weighted by Gasteiger charge is -2.16. The Balaban J connectivity index is 1.24. The van der Waals surface area contributed by atoms with Gasteiger partial charge in [-0.2, -0.15) is 5.10 Å². The number of H-pyrrole nitrogens is 1. The summed E-state index contributed by atoms with van der Waals surface area (Å²) in [5, 5.41) is 7.79. The SMILES string of the molecule is COc1ccc(OCCc2cc(C3CCN(CC(C)=Cc4ccccc4)C3)n[nH]2)cc1. The standard InChI is InChI=1S/C26H31N3O2/c1-20(16-21-6-4-3-5-7-21)18-29-14-12-22(19-29)26-17-23(27-28-26)13-15-31-25-10-8-24(30-2)9-11-25/h3-11,16-17,22H,12-15,18-19H2,1-2H3,(H,27,28). The lowest BCUT2D eigenvalue weighted by atomic mass is 10.0. The minimum absolute atomic E-state index is 0.497. The number of aromatic amines is 1. The third kappa shape index (κ3) is 5.98. The molecule has 162 valence electrons. The molecule has 1 aromatic heterocycles. The van der Waals surface area contributed by atoms with E-state index in [0.717, 1.165) is 49.7 Å². The normalized spacial score (nSPS) is 17.1.